The lowest BCUT2D eigenvalue weighted by Gasteiger charge is -2.32. The van der Waals surface area contributed by atoms with E-state index >= 15 is 0 Å². The van der Waals surface area contributed by atoms with E-state index in [9.17, 15) is 4.79 Å². The summed E-state index contributed by atoms with van der Waals surface area (Å²) in [7, 11) is 1.58. The van der Waals surface area contributed by atoms with E-state index in [1.54, 1.807) is 19.5 Å². The number of piperidine rings is 1. The standard InChI is InChI=1S/C18H26N6O2/c1-13-12-14(2)24(22-13)11-6-16(25)23-9-4-15(5-10-23)21-17-18(26-3)20-8-7-19-17/h7-8,12,15H,4-6,9-11H2,1-3H3,(H,19,21). The average Bonchev–Trinajstić information content (AvgIpc) is 2.98. The monoisotopic (exact) mass is 358 g/mol. The molecule has 3 heterocycles. The highest BCUT2D eigenvalue weighted by atomic mass is 16.5. The number of nitrogens with zero attached hydrogens (tertiary/aromatic N) is 5. The van der Waals surface area contributed by atoms with Gasteiger partial charge >= 0.3 is 0 Å². The van der Waals surface area contributed by atoms with Crippen molar-refractivity contribution < 1.29 is 9.53 Å². The topological polar surface area (TPSA) is 85.2 Å². The van der Waals surface area contributed by atoms with Gasteiger partial charge in [0.25, 0.3) is 5.88 Å². The third-order valence-electron chi connectivity index (χ3n) is 4.69. The number of nitrogens with one attached hydrogen (secondary N) is 1. The Balaban J connectivity index is 1.47. The highest BCUT2D eigenvalue weighted by molar-refractivity contribution is 5.76. The van der Waals surface area contributed by atoms with Crippen LogP contribution in [0.2, 0.25) is 0 Å². The summed E-state index contributed by atoms with van der Waals surface area (Å²) < 4.78 is 7.13. The predicted octanol–water partition coefficient (Wildman–Crippen LogP) is 1.79. The molecule has 1 aliphatic heterocycles. The van der Waals surface area contributed by atoms with Gasteiger partial charge in [-0.3, -0.25) is 9.48 Å². The Morgan fingerprint density at radius 3 is 2.65 bits per heavy atom. The van der Waals surface area contributed by atoms with Gasteiger partial charge in [0, 0.05) is 50.2 Å². The Morgan fingerprint density at radius 2 is 2.00 bits per heavy atom. The molecular formula is C18H26N6O2. The minimum absolute atomic E-state index is 0.188. The molecule has 2 aromatic heterocycles. The molecule has 0 unspecified atom stereocenters. The molecule has 2 aromatic rings. The summed E-state index contributed by atoms with van der Waals surface area (Å²) in [4.78, 5) is 22.8. The third kappa shape index (κ3) is 4.30. The van der Waals surface area contributed by atoms with Crippen molar-refractivity contribution in [3.8, 4) is 5.88 Å². The molecule has 8 nitrogen and oxygen atoms in total. The van der Waals surface area contributed by atoms with Crippen molar-refractivity contribution in [1.82, 2.24) is 24.6 Å². The van der Waals surface area contributed by atoms with Crippen molar-refractivity contribution in [2.45, 2.75) is 45.7 Å². The van der Waals surface area contributed by atoms with Crippen molar-refractivity contribution in [3.05, 3.63) is 29.8 Å². The lowest BCUT2D eigenvalue weighted by atomic mass is 10.0. The molecule has 0 spiro atoms. The molecule has 0 bridgehead atoms. The second-order valence-electron chi connectivity index (χ2n) is 6.61. The molecule has 0 saturated carbocycles. The van der Waals surface area contributed by atoms with Gasteiger partial charge in [-0.05, 0) is 32.8 Å². The fourth-order valence-corrected chi connectivity index (χ4v) is 3.30. The highest BCUT2D eigenvalue weighted by Crippen LogP contribution is 2.21. The first-order valence-electron chi connectivity index (χ1n) is 8.97. The molecule has 140 valence electrons. The van der Waals surface area contributed by atoms with Crippen LogP contribution in [0.25, 0.3) is 0 Å². The van der Waals surface area contributed by atoms with Gasteiger partial charge in [-0.25, -0.2) is 9.97 Å². The van der Waals surface area contributed by atoms with Gasteiger partial charge in [0.1, 0.15) is 0 Å². The van der Waals surface area contributed by atoms with Gasteiger partial charge in [-0.1, -0.05) is 0 Å². The van der Waals surface area contributed by atoms with Gasteiger partial charge in [0.2, 0.25) is 5.91 Å². The number of carbonyl (C=O) groups excluding carboxylic acids is 1. The fourth-order valence-electron chi connectivity index (χ4n) is 3.30. The van der Waals surface area contributed by atoms with Gasteiger partial charge in [-0.15, -0.1) is 0 Å². The van der Waals surface area contributed by atoms with Crippen LogP contribution in [0.5, 0.6) is 5.88 Å². The van der Waals surface area contributed by atoms with E-state index in [-0.39, 0.29) is 11.9 Å². The van der Waals surface area contributed by atoms with E-state index in [2.05, 4.69) is 20.4 Å². The van der Waals surface area contributed by atoms with Gasteiger partial charge < -0.3 is 15.0 Å². The van der Waals surface area contributed by atoms with Crippen molar-refractivity contribution in [2.24, 2.45) is 0 Å². The number of rotatable bonds is 6. The van der Waals surface area contributed by atoms with E-state index < -0.39 is 0 Å². The largest absolute Gasteiger partial charge is 0.478 e. The first-order valence-corrected chi connectivity index (χ1v) is 8.97. The first kappa shape index (κ1) is 18.2. The summed E-state index contributed by atoms with van der Waals surface area (Å²) in [5.41, 5.74) is 2.08. The number of amides is 1. The van der Waals surface area contributed by atoms with Crippen LogP contribution in [0.1, 0.15) is 30.7 Å². The molecule has 0 radical (unpaired) electrons. The first-order chi connectivity index (χ1) is 12.6. The molecule has 3 rings (SSSR count). The lowest BCUT2D eigenvalue weighted by molar-refractivity contribution is -0.132. The Kier molecular flexibility index (Phi) is 5.70. The Morgan fingerprint density at radius 1 is 1.27 bits per heavy atom. The van der Waals surface area contributed by atoms with Crippen molar-refractivity contribution >= 4 is 11.7 Å². The zero-order valence-corrected chi connectivity index (χ0v) is 15.6. The van der Waals surface area contributed by atoms with Crippen LogP contribution in [0.15, 0.2) is 18.5 Å². The number of anilines is 1. The molecule has 8 heteroatoms. The quantitative estimate of drug-likeness (QED) is 0.847. The Labute approximate surface area is 153 Å². The maximum absolute atomic E-state index is 12.5. The molecule has 1 aliphatic rings. The number of ether oxygens (including phenoxy) is 1. The summed E-state index contributed by atoms with van der Waals surface area (Å²) >= 11 is 0. The Hall–Kier alpha value is -2.64. The number of methoxy groups -OCH3 is 1. The second-order valence-corrected chi connectivity index (χ2v) is 6.61. The summed E-state index contributed by atoms with van der Waals surface area (Å²) in [6.45, 7) is 6.11. The van der Waals surface area contributed by atoms with Crippen LogP contribution < -0.4 is 10.1 Å². The van der Waals surface area contributed by atoms with Crippen LogP contribution >= 0.6 is 0 Å². The molecule has 26 heavy (non-hydrogen) atoms. The zero-order valence-electron chi connectivity index (χ0n) is 15.6. The summed E-state index contributed by atoms with van der Waals surface area (Å²) in [5, 5.41) is 7.79. The van der Waals surface area contributed by atoms with Gasteiger partial charge in [0.15, 0.2) is 5.82 Å². The molecule has 1 fully saturated rings. The number of likely N-dealkylation sites (tertiary alicyclic amines) is 1. The molecule has 0 atom stereocenters. The maximum Gasteiger partial charge on any atom is 0.257 e. The molecule has 1 amide bonds. The van der Waals surface area contributed by atoms with Crippen molar-refractivity contribution in [2.75, 3.05) is 25.5 Å². The van der Waals surface area contributed by atoms with Crippen LogP contribution in [0.3, 0.4) is 0 Å². The minimum atomic E-state index is 0.188. The number of hydrogen-bond donors (Lipinski definition) is 1. The molecular weight excluding hydrogens is 332 g/mol. The number of hydrogen-bond acceptors (Lipinski definition) is 6. The normalized spacial score (nSPS) is 15.1. The van der Waals surface area contributed by atoms with Gasteiger partial charge in [-0.2, -0.15) is 5.10 Å². The summed E-state index contributed by atoms with van der Waals surface area (Å²) in [5.74, 6) is 1.34. The van der Waals surface area contributed by atoms with Crippen LogP contribution in [0.4, 0.5) is 5.82 Å². The van der Waals surface area contributed by atoms with E-state index in [0.29, 0.717) is 24.7 Å². The summed E-state index contributed by atoms with van der Waals surface area (Å²) in [6, 6.07) is 2.29. The van der Waals surface area contributed by atoms with E-state index in [0.717, 1.165) is 37.3 Å². The predicted molar refractivity (Wildman–Crippen MR) is 98.1 cm³/mol. The van der Waals surface area contributed by atoms with E-state index in [1.165, 1.54) is 0 Å². The average molecular weight is 358 g/mol. The molecule has 1 saturated heterocycles. The van der Waals surface area contributed by atoms with Gasteiger partial charge in [0.05, 0.1) is 12.8 Å². The lowest BCUT2D eigenvalue weighted by Crippen LogP contribution is -2.42. The van der Waals surface area contributed by atoms with Crippen molar-refractivity contribution in [1.29, 1.82) is 0 Å². The fraction of sp³-hybridized carbons (Fsp3) is 0.556. The molecule has 1 N–H and O–H groups in total. The second kappa shape index (κ2) is 8.16. The number of aryl methyl sites for hydroxylation is 3. The summed E-state index contributed by atoms with van der Waals surface area (Å²) in [6.07, 6.45) is 5.49. The molecule has 0 aliphatic carbocycles. The van der Waals surface area contributed by atoms with Crippen LogP contribution in [-0.2, 0) is 11.3 Å². The molecule has 0 aromatic carbocycles. The number of carbonyl (C=O) groups is 1. The minimum Gasteiger partial charge on any atom is -0.478 e. The number of aromatic nitrogens is 4. The van der Waals surface area contributed by atoms with Crippen LogP contribution in [-0.4, -0.2) is 56.8 Å². The highest BCUT2D eigenvalue weighted by Gasteiger charge is 2.23. The SMILES string of the molecule is COc1nccnc1NC1CCN(C(=O)CCn2nc(C)cc2C)CC1. The van der Waals surface area contributed by atoms with E-state index in [1.807, 2.05) is 29.5 Å². The van der Waals surface area contributed by atoms with Crippen molar-refractivity contribution in [3.63, 3.8) is 0 Å². The third-order valence-corrected chi connectivity index (χ3v) is 4.69. The van der Waals surface area contributed by atoms with Crippen LogP contribution in [0, 0.1) is 13.8 Å². The zero-order chi connectivity index (χ0) is 18.5. The Bertz CT molecular complexity index is 752. The maximum atomic E-state index is 12.5. The van der Waals surface area contributed by atoms with E-state index in [4.69, 9.17) is 4.74 Å². The smallest absolute Gasteiger partial charge is 0.257 e.